The molecule has 0 aromatic rings. The van der Waals surface area contributed by atoms with E-state index in [2.05, 4.69) is 21.3 Å². The number of carboxylic acids is 1. The van der Waals surface area contributed by atoms with Crippen LogP contribution in [-0.4, -0.2) is 65.9 Å². The molecule has 0 fully saturated rings. The molecule has 0 aliphatic carbocycles. The average Bonchev–Trinajstić information content (AvgIpc) is 2.63. The van der Waals surface area contributed by atoms with Crippen molar-refractivity contribution in [1.82, 2.24) is 21.3 Å². The largest absolute Gasteiger partial charge is 0.480 e. The zero-order valence-electron chi connectivity index (χ0n) is 18.3. The summed E-state index contributed by atoms with van der Waals surface area (Å²) in [6, 6.07) is -2.86. The lowest BCUT2D eigenvalue weighted by Crippen LogP contribution is -2.55. The van der Waals surface area contributed by atoms with Crippen molar-refractivity contribution in [2.24, 2.45) is 17.6 Å². The minimum atomic E-state index is -1.15. The van der Waals surface area contributed by atoms with Crippen molar-refractivity contribution in [1.29, 1.82) is 0 Å². The molecule has 0 bridgehead atoms. The van der Waals surface area contributed by atoms with Gasteiger partial charge in [-0.15, -0.1) is 0 Å². The standard InChI is InChI=1S/C19H35N5O6/c1-10(2)6-13(24-17(27)12(5)22-15(25)8-20)18(28)21-9-16(26)23-14(19(29)30)7-11(3)4/h10-14H,6-9,20H2,1-5H3,(H,21,28)(H,22,25)(H,23,26)(H,24,27)(H,29,30). The summed E-state index contributed by atoms with van der Waals surface area (Å²) in [5.74, 6) is -3.32. The number of hydrogen-bond acceptors (Lipinski definition) is 6. The van der Waals surface area contributed by atoms with Crippen molar-refractivity contribution >= 4 is 29.6 Å². The third-order valence-corrected chi connectivity index (χ3v) is 4.06. The third kappa shape index (κ3) is 11.3. The van der Waals surface area contributed by atoms with Crippen LogP contribution in [0.1, 0.15) is 47.5 Å². The minimum Gasteiger partial charge on any atom is -0.480 e. The fourth-order valence-corrected chi connectivity index (χ4v) is 2.59. The van der Waals surface area contributed by atoms with Crippen LogP contribution in [0.2, 0.25) is 0 Å². The third-order valence-electron chi connectivity index (χ3n) is 4.06. The summed E-state index contributed by atoms with van der Waals surface area (Å²) in [5.41, 5.74) is 5.20. The van der Waals surface area contributed by atoms with Crippen LogP contribution in [0.4, 0.5) is 0 Å². The lowest BCUT2D eigenvalue weighted by Gasteiger charge is -2.23. The van der Waals surface area contributed by atoms with E-state index in [-0.39, 0.29) is 24.8 Å². The molecule has 11 heteroatoms. The molecule has 0 aromatic carbocycles. The van der Waals surface area contributed by atoms with Gasteiger partial charge in [0.1, 0.15) is 18.1 Å². The number of carbonyl (C=O) groups excluding carboxylic acids is 4. The molecule has 0 saturated heterocycles. The first-order valence-electron chi connectivity index (χ1n) is 9.96. The van der Waals surface area contributed by atoms with E-state index in [0.717, 1.165) is 0 Å². The molecule has 0 spiro atoms. The van der Waals surface area contributed by atoms with Crippen LogP contribution in [-0.2, 0) is 24.0 Å². The number of nitrogens with one attached hydrogen (secondary N) is 4. The van der Waals surface area contributed by atoms with Gasteiger partial charge < -0.3 is 32.1 Å². The number of aliphatic carboxylic acids is 1. The van der Waals surface area contributed by atoms with Gasteiger partial charge in [0, 0.05) is 0 Å². The number of nitrogens with two attached hydrogens (primary N) is 1. The molecule has 172 valence electrons. The molecule has 0 saturated carbocycles. The van der Waals surface area contributed by atoms with E-state index in [1.807, 2.05) is 27.7 Å². The summed E-state index contributed by atoms with van der Waals surface area (Å²) in [6.45, 7) is 8.16. The van der Waals surface area contributed by atoms with Crippen LogP contribution >= 0.6 is 0 Å². The number of carboxylic acid groups (broad SMARTS) is 1. The van der Waals surface area contributed by atoms with Crippen molar-refractivity contribution in [2.45, 2.75) is 65.6 Å². The lowest BCUT2D eigenvalue weighted by atomic mass is 10.0. The highest BCUT2D eigenvalue weighted by atomic mass is 16.4. The Kier molecular flexibility index (Phi) is 12.3. The first-order valence-corrected chi connectivity index (χ1v) is 9.96. The normalized spacial score (nSPS) is 13.9. The van der Waals surface area contributed by atoms with E-state index >= 15 is 0 Å². The smallest absolute Gasteiger partial charge is 0.326 e. The highest BCUT2D eigenvalue weighted by molar-refractivity contribution is 5.93. The van der Waals surface area contributed by atoms with E-state index in [1.165, 1.54) is 6.92 Å². The van der Waals surface area contributed by atoms with Crippen LogP contribution in [0.3, 0.4) is 0 Å². The van der Waals surface area contributed by atoms with Crippen molar-refractivity contribution < 1.29 is 29.1 Å². The summed E-state index contributed by atoms with van der Waals surface area (Å²) in [7, 11) is 0. The van der Waals surface area contributed by atoms with Crippen molar-refractivity contribution in [3.63, 3.8) is 0 Å². The molecule has 0 aliphatic heterocycles. The first kappa shape index (κ1) is 27.3. The highest BCUT2D eigenvalue weighted by Gasteiger charge is 2.26. The molecule has 3 unspecified atom stereocenters. The Bertz CT molecular complexity index is 623. The molecular formula is C19H35N5O6. The molecule has 30 heavy (non-hydrogen) atoms. The summed E-state index contributed by atoms with van der Waals surface area (Å²) in [4.78, 5) is 59.3. The van der Waals surface area contributed by atoms with Gasteiger partial charge in [-0.2, -0.15) is 0 Å². The van der Waals surface area contributed by atoms with Crippen LogP contribution < -0.4 is 27.0 Å². The fourth-order valence-electron chi connectivity index (χ4n) is 2.59. The molecule has 11 nitrogen and oxygen atoms in total. The monoisotopic (exact) mass is 429 g/mol. The zero-order chi connectivity index (χ0) is 23.4. The van der Waals surface area contributed by atoms with Crippen molar-refractivity contribution in [2.75, 3.05) is 13.1 Å². The Hall–Kier alpha value is -2.69. The molecule has 3 atom stereocenters. The maximum Gasteiger partial charge on any atom is 0.326 e. The minimum absolute atomic E-state index is 0.0613. The quantitative estimate of drug-likeness (QED) is 0.211. The van der Waals surface area contributed by atoms with Gasteiger partial charge in [-0.05, 0) is 31.6 Å². The van der Waals surface area contributed by atoms with Crippen LogP contribution in [0.15, 0.2) is 0 Å². The van der Waals surface area contributed by atoms with Gasteiger partial charge in [0.15, 0.2) is 0 Å². The van der Waals surface area contributed by atoms with E-state index in [9.17, 15) is 29.1 Å². The van der Waals surface area contributed by atoms with Crippen LogP contribution in [0.25, 0.3) is 0 Å². The van der Waals surface area contributed by atoms with Gasteiger partial charge in [-0.1, -0.05) is 27.7 Å². The second-order valence-corrected chi connectivity index (χ2v) is 7.99. The van der Waals surface area contributed by atoms with Gasteiger partial charge in [-0.25, -0.2) is 4.79 Å². The topological polar surface area (TPSA) is 180 Å². The van der Waals surface area contributed by atoms with Gasteiger partial charge in [-0.3, -0.25) is 19.2 Å². The first-order chi connectivity index (χ1) is 13.9. The Morgan fingerprint density at radius 1 is 0.767 bits per heavy atom. The van der Waals surface area contributed by atoms with Crippen LogP contribution in [0.5, 0.6) is 0 Å². The number of rotatable bonds is 13. The van der Waals surface area contributed by atoms with E-state index < -0.39 is 54.3 Å². The predicted molar refractivity (Wildman–Crippen MR) is 110 cm³/mol. The highest BCUT2D eigenvalue weighted by Crippen LogP contribution is 2.06. The second kappa shape index (κ2) is 13.5. The number of hydrogen-bond donors (Lipinski definition) is 6. The Labute approximate surface area is 176 Å². The Morgan fingerprint density at radius 2 is 1.30 bits per heavy atom. The number of carbonyl (C=O) groups is 5. The SMILES string of the molecule is CC(C)CC(NC(=O)CNC(=O)C(CC(C)C)NC(=O)C(C)NC(=O)CN)C(=O)O. The predicted octanol–water partition coefficient (Wildman–Crippen LogP) is -1.29. The molecule has 0 heterocycles. The molecule has 0 aliphatic rings. The summed E-state index contributed by atoms with van der Waals surface area (Å²) < 4.78 is 0. The van der Waals surface area contributed by atoms with Crippen molar-refractivity contribution in [3.05, 3.63) is 0 Å². The average molecular weight is 430 g/mol. The zero-order valence-corrected chi connectivity index (χ0v) is 18.3. The summed E-state index contributed by atoms with van der Waals surface area (Å²) in [5, 5.41) is 18.9. The maximum absolute atomic E-state index is 12.5. The maximum atomic E-state index is 12.5. The van der Waals surface area contributed by atoms with Gasteiger partial charge in [0.25, 0.3) is 0 Å². The Morgan fingerprint density at radius 3 is 1.77 bits per heavy atom. The van der Waals surface area contributed by atoms with E-state index in [4.69, 9.17) is 5.73 Å². The van der Waals surface area contributed by atoms with E-state index in [1.54, 1.807) is 0 Å². The van der Waals surface area contributed by atoms with Gasteiger partial charge >= 0.3 is 5.97 Å². The Balaban J connectivity index is 4.87. The van der Waals surface area contributed by atoms with E-state index in [0.29, 0.717) is 6.42 Å². The fraction of sp³-hybridized carbons (Fsp3) is 0.737. The molecule has 0 radical (unpaired) electrons. The van der Waals surface area contributed by atoms with Crippen molar-refractivity contribution in [3.8, 4) is 0 Å². The lowest BCUT2D eigenvalue weighted by molar-refractivity contribution is -0.142. The summed E-state index contributed by atoms with van der Waals surface area (Å²) in [6.07, 6.45) is 0.565. The molecule has 0 aromatic heterocycles. The molecule has 4 amide bonds. The molecule has 7 N–H and O–H groups in total. The summed E-state index contributed by atoms with van der Waals surface area (Å²) >= 11 is 0. The second-order valence-electron chi connectivity index (χ2n) is 7.99. The molecular weight excluding hydrogens is 394 g/mol. The van der Waals surface area contributed by atoms with Crippen LogP contribution in [0, 0.1) is 11.8 Å². The van der Waals surface area contributed by atoms with Gasteiger partial charge in [0.2, 0.25) is 23.6 Å². The molecule has 0 rings (SSSR count). The van der Waals surface area contributed by atoms with Gasteiger partial charge in [0.05, 0.1) is 13.1 Å². The number of amides is 4.